The molecule has 0 bridgehead atoms. The van der Waals surface area contributed by atoms with Crippen LogP contribution in [0.1, 0.15) is 18.4 Å². The molecule has 19 heavy (non-hydrogen) atoms. The Balaban J connectivity index is 2.05. The number of para-hydroxylation sites is 1. The smallest absolute Gasteiger partial charge is 0.0884 e. The van der Waals surface area contributed by atoms with Crippen molar-refractivity contribution in [3.8, 4) is 0 Å². The average molecular weight is 253 g/mol. The minimum Gasteiger partial charge on any atom is -0.394 e. The van der Waals surface area contributed by atoms with Crippen LogP contribution in [-0.2, 0) is 5.54 Å². The molecule has 2 heteroatoms. The molecular formula is C17H19NO. The zero-order valence-corrected chi connectivity index (χ0v) is 11.0. The van der Waals surface area contributed by atoms with Crippen LogP contribution in [-0.4, -0.2) is 18.3 Å². The van der Waals surface area contributed by atoms with Gasteiger partial charge in [-0.1, -0.05) is 48.5 Å². The molecule has 2 aromatic rings. The van der Waals surface area contributed by atoms with Gasteiger partial charge >= 0.3 is 0 Å². The topological polar surface area (TPSA) is 23.5 Å². The highest BCUT2D eigenvalue weighted by molar-refractivity contribution is 5.53. The summed E-state index contributed by atoms with van der Waals surface area (Å²) in [4.78, 5) is 2.35. The number of hydrogen-bond acceptors (Lipinski definition) is 2. The molecule has 3 rings (SSSR count). The fourth-order valence-corrected chi connectivity index (χ4v) is 3.17. The molecule has 0 aromatic heterocycles. The Morgan fingerprint density at radius 3 is 2.21 bits per heavy atom. The first-order valence-electron chi connectivity index (χ1n) is 6.86. The van der Waals surface area contributed by atoms with Gasteiger partial charge in [0, 0.05) is 12.2 Å². The molecule has 1 saturated heterocycles. The van der Waals surface area contributed by atoms with Crippen LogP contribution < -0.4 is 4.90 Å². The normalized spacial score (nSPS) is 22.7. The van der Waals surface area contributed by atoms with Crippen molar-refractivity contribution in [2.45, 2.75) is 18.4 Å². The lowest BCUT2D eigenvalue weighted by Gasteiger charge is -2.39. The summed E-state index contributed by atoms with van der Waals surface area (Å²) in [7, 11) is 0. The molecule has 1 fully saturated rings. The minimum absolute atomic E-state index is 0.159. The summed E-state index contributed by atoms with van der Waals surface area (Å²) in [6.07, 6.45) is 2.12. The first-order chi connectivity index (χ1) is 9.37. The van der Waals surface area contributed by atoms with Crippen LogP contribution in [0.15, 0.2) is 60.7 Å². The molecule has 98 valence electrons. The van der Waals surface area contributed by atoms with Gasteiger partial charge in [-0.2, -0.15) is 0 Å². The van der Waals surface area contributed by atoms with Gasteiger partial charge in [-0.25, -0.2) is 0 Å². The van der Waals surface area contributed by atoms with E-state index in [4.69, 9.17) is 0 Å². The van der Waals surface area contributed by atoms with Crippen LogP contribution in [0.4, 0.5) is 5.69 Å². The van der Waals surface area contributed by atoms with Crippen LogP contribution in [0.3, 0.4) is 0 Å². The number of nitrogens with zero attached hydrogens (tertiary/aromatic N) is 1. The zero-order chi connectivity index (χ0) is 13.1. The summed E-state index contributed by atoms with van der Waals surface area (Å²) in [5.41, 5.74) is 2.14. The van der Waals surface area contributed by atoms with Gasteiger partial charge < -0.3 is 10.0 Å². The molecule has 1 N–H and O–H groups in total. The van der Waals surface area contributed by atoms with E-state index >= 15 is 0 Å². The van der Waals surface area contributed by atoms with Crippen LogP contribution in [0.25, 0.3) is 0 Å². The fraction of sp³-hybridized carbons (Fsp3) is 0.294. The van der Waals surface area contributed by atoms with E-state index < -0.39 is 0 Å². The van der Waals surface area contributed by atoms with Gasteiger partial charge in [0.2, 0.25) is 0 Å². The van der Waals surface area contributed by atoms with E-state index in [0.717, 1.165) is 19.4 Å². The molecule has 1 aliphatic rings. The quantitative estimate of drug-likeness (QED) is 0.908. The molecule has 1 atom stereocenters. The van der Waals surface area contributed by atoms with E-state index in [0.29, 0.717) is 0 Å². The molecule has 0 saturated carbocycles. The second-order valence-corrected chi connectivity index (χ2v) is 5.15. The van der Waals surface area contributed by atoms with Gasteiger partial charge in [0.25, 0.3) is 0 Å². The second kappa shape index (κ2) is 5.06. The Labute approximate surface area is 114 Å². The monoisotopic (exact) mass is 253 g/mol. The van der Waals surface area contributed by atoms with Gasteiger partial charge in [0.05, 0.1) is 12.1 Å². The third-order valence-electron chi connectivity index (χ3n) is 4.13. The van der Waals surface area contributed by atoms with Crippen molar-refractivity contribution in [2.75, 3.05) is 18.1 Å². The maximum Gasteiger partial charge on any atom is 0.0884 e. The highest BCUT2D eigenvalue weighted by Crippen LogP contribution is 2.41. The Kier molecular flexibility index (Phi) is 3.26. The fourth-order valence-electron chi connectivity index (χ4n) is 3.17. The number of anilines is 1. The Morgan fingerprint density at radius 2 is 1.58 bits per heavy atom. The number of hydrogen-bond donors (Lipinski definition) is 1. The molecule has 0 unspecified atom stereocenters. The van der Waals surface area contributed by atoms with E-state index in [1.54, 1.807) is 0 Å². The summed E-state index contributed by atoms with van der Waals surface area (Å²) >= 11 is 0. The lowest BCUT2D eigenvalue weighted by Crippen LogP contribution is -2.44. The highest BCUT2D eigenvalue weighted by Gasteiger charge is 2.41. The summed E-state index contributed by atoms with van der Waals surface area (Å²) in [5.74, 6) is 0. The van der Waals surface area contributed by atoms with Crippen molar-refractivity contribution in [1.82, 2.24) is 0 Å². The summed E-state index contributed by atoms with van der Waals surface area (Å²) in [6, 6.07) is 20.8. The molecule has 0 radical (unpaired) electrons. The van der Waals surface area contributed by atoms with E-state index in [9.17, 15) is 5.11 Å². The molecule has 2 aromatic carbocycles. The standard InChI is InChI=1S/C17H19NO/c19-14-17(15-8-3-1-4-9-15)12-7-13-18(17)16-10-5-2-6-11-16/h1-6,8-11,19H,7,12-14H2/t17-/m1/s1. The van der Waals surface area contributed by atoms with E-state index in [1.165, 1.54) is 11.3 Å². The first-order valence-corrected chi connectivity index (χ1v) is 6.86. The van der Waals surface area contributed by atoms with Crippen molar-refractivity contribution < 1.29 is 5.11 Å². The van der Waals surface area contributed by atoms with Crippen molar-refractivity contribution >= 4 is 5.69 Å². The van der Waals surface area contributed by atoms with E-state index in [2.05, 4.69) is 41.3 Å². The van der Waals surface area contributed by atoms with E-state index in [1.807, 2.05) is 24.3 Å². The Bertz CT molecular complexity index is 525. The van der Waals surface area contributed by atoms with Crippen molar-refractivity contribution in [2.24, 2.45) is 0 Å². The molecule has 1 aliphatic heterocycles. The first kappa shape index (κ1) is 12.2. The van der Waals surface area contributed by atoms with E-state index in [-0.39, 0.29) is 12.1 Å². The molecule has 0 aliphatic carbocycles. The average Bonchev–Trinajstić information content (AvgIpc) is 2.94. The van der Waals surface area contributed by atoms with Gasteiger partial charge in [0.1, 0.15) is 0 Å². The lowest BCUT2D eigenvalue weighted by atomic mass is 9.87. The predicted molar refractivity (Wildman–Crippen MR) is 78.2 cm³/mol. The zero-order valence-electron chi connectivity index (χ0n) is 11.0. The van der Waals surface area contributed by atoms with Gasteiger partial charge in [-0.05, 0) is 30.5 Å². The summed E-state index contributed by atoms with van der Waals surface area (Å²) < 4.78 is 0. The van der Waals surface area contributed by atoms with Crippen LogP contribution in [0, 0.1) is 0 Å². The molecule has 1 heterocycles. The number of benzene rings is 2. The summed E-state index contributed by atoms with van der Waals surface area (Å²) in [5, 5.41) is 10.1. The largest absolute Gasteiger partial charge is 0.394 e. The van der Waals surface area contributed by atoms with Crippen molar-refractivity contribution in [1.29, 1.82) is 0 Å². The second-order valence-electron chi connectivity index (χ2n) is 5.15. The molecule has 0 amide bonds. The molecule has 2 nitrogen and oxygen atoms in total. The predicted octanol–water partition coefficient (Wildman–Crippen LogP) is 3.17. The summed E-state index contributed by atoms with van der Waals surface area (Å²) in [6.45, 7) is 1.16. The van der Waals surface area contributed by atoms with Crippen molar-refractivity contribution in [3.05, 3.63) is 66.2 Å². The third-order valence-corrected chi connectivity index (χ3v) is 4.13. The van der Waals surface area contributed by atoms with Crippen LogP contribution in [0.5, 0.6) is 0 Å². The van der Waals surface area contributed by atoms with Crippen molar-refractivity contribution in [3.63, 3.8) is 0 Å². The van der Waals surface area contributed by atoms with Gasteiger partial charge in [-0.3, -0.25) is 0 Å². The molecular weight excluding hydrogens is 234 g/mol. The van der Waals surface area contributed by atoms with Gasteiger partial charge in [-0.15, -0.1) is 0 Å². The Hall–Kier alpha value is -1.80. The lowest BCUT2D eigenvalue weighted by molar-refractivity contribution is 0.198. The highest BCUT2D eigenvalue weighted by atomic mass is 16.3. The van der Waals surface area contributed by atoms with Crippen LogP contribution >= 0.6 is 0 Å². The SMILES string of the molecule is OC[C@@]1(c2ccccc2)CCCN1c1ccccc1. The van der Waals surface area contributed by atoms with Gasteiger partial charge in [0.15, 0.2) is 0 Å². The maximum atomic E-state index is 10.1. The maximum absolute atomic E-state index is 10.1. The Morgan fingerprint density at radius 1 is 0.947 bits per heavy atom. The molecule has 0 spiro atoms. The number of aliphatic hydroxyl groups excluding tert-OH is 1. The number of rotatable bonds is 3. The minimum atomic E-state index is -0.261. The number of aliphatic hydroxyl groups is 1. The van der Waals surface area contributed by atoms with Crippen LogP contribution in [0.2, 0.25) is 0 Å². The third kappa shape index (κ3) is 2.02.